The normalized spacial score (nSPS) is 13.4. The highest BCUT2D eigenvalue weighted by molar-refractivity contribution is 5.73. The summed E-state index contributed by atoms with van der Waals surface area (Å²) in [5.41, 5.74) is 4.77. The second kappa shape index (κ2) is 2.54. The predicted molar refractivity (Wildman–Crippen MR) is 22.7 cm³/mol. The fourth-order valence-electron chi connectivity index (χ4n) is 0.0781. The van der Waals surface area contributed by atoms with Crippen molar-refractivity contribution in [2.75, 3.05) is 6.61 Å². The molecular formula is C3H7NO3. The van der Waals surface area contributed by atoms with E-state index in [-0.39, 0.29) is 0 Å². The maximum atomic E-state index is 9.65. The zero-order valence-corrected chi connectivity index (χ0v) is 3.66. The standard InChI is InChI=1S/C3H7NO3/c4-2(1-5)3(6)7/h2,5H,1,4H2,(H,6,7)/t2-/m0/s1/i1+2. The average Bonchev–Trinajstić information content (AvgIpc) is 1.65. The molecule has 0 aliphatic rings. The van der Waals surface area contributed by atoms with Crippen LogP contribution >= 0.6 is 0 Å². The molecule has 0 spiro atoms. The van der Waals surface area contributed by atoms with Gasteiger partial charge in [0.05, 0.1) is 6.61 Å². The number of carboxylic acids is 1. The fourth-order valence-corrected chi connectivity index (χ4v) is 0.0781. The van der Waals surface area contributed by atoms with Crippen LogP contribution in [0.1, 0.15) is 0 Å². The van der Waals surface area contributed by atoms with E-state index >= 15 is 0 Å². The van der Waals surface area contributed by atoms with Crippen LogP contribution in [-0.4, -0.2) is 28.8 Å². The van der Waals surface area contributed by atoms with Gasteiger partial charge < -0.3 is 15.9 Å². The van der Waals surface area contributed by atoms with E-state index in [1.807, 2.05) is 0 Å². The first-order valence-corrected chi connectivity index (χ1v) is 1.77. The maximum absolute atomic E-state index is 9.65. The Bertz CT molecular complexity index is 72.6. The molecule has 0 fully saturated rings. The summed E-state index contributed by atoms with van der Waals surface area (Å²) < 4.78 is 0. The lowest BCUT2D eigenvalue weighted by molar-refractivity contribution is -0.139. The summed E-state index contributed by atoms with van der Waals surface area (Å²) in [6, 6.07) is -1.13. The van der Waals surface area contributed by atoms with Crippen molar-refractivity contribution in [2.45, 2.75) is 6.04 Å². The van der Waals surface area contributed by atoms with E-state index in [2.05, 4.69) is 0 Å². The number of aliphatic hydroxyl groups is 1. The lowest BCUT2D eigenvalue weighted by Gasteiger charge is -1.96. The fraction of sp³-hybridized carbons (Fsp3) is 0.667. The molecule has 0 aromatic heterocycles. The second-order valence-corrected chi connectivity index (χ2v) is 1.13. The summed E-state index contributed by atoms with van der Waals surface area (Å²) in [5.74, 6) is -1.18. The molecule has 0 aliphatic carbocycles. The molecule has 0 radical (unpaired) electrons. The number of carbonyl (C=O) groups is 1. The Balaban J connectivity index is 3.34. The van der Waals surface area contributed by atoms with Crippen LogP contribution < -0.4 is 5.73 Å². The molecule has 42 valence electrons. The molecule has 0 amide bonds. The van der Waals surface area contributed by atoms with Gasteiger partial charge >= 0.3 is 5.97 Å². The summed E-state index contributed by atoms with van der Waals surface area (Å²) in [7, 11) is 0. The number of aliphatic hydroxyl groups excluding tert-OH is 1. The Labute approximate surface area is 40.6 Å². The van der Waals surface area contributed by atoms with Crippen molar-refractivity contribution in [1.29, 1.82) is 0 Å². The number of hydrogen-bond donors (Lipinski definition) is 3. The van der Waals surface area contributed by atoms with Gasteiger partial charge in [0.2, 0.25) is 0 Å². The van der Waals surface area contributed by atoms with E-state index < -0.39 is 18.6 Å². The molecule has 4 nitrogen and oxygen atoms in total. The highest BCUT2D eigenvalue weighted by Gasteiger charge is 2.06. The number of hydrogen-bond acceptors (Lipinski definition) is 3. The van der Waals surface area contributed by atoms with Gasteiger partial charge in [0.25, 0.3) is 0 Å². The number of carboxylic acid groups (broad SMARTS) is 1. The molecule has 0 saturated carbocycles. The van der Waals surface area contributed by atoms with Crippen molar-refractivity contribution in [3.63, 3.8) is 0 Å². The van der Waals surface area contributed by atoms with Crippen LogP contribution in [0.3, 0.4) is 0 Å². The van der Waals surface area contributed by atoms with Gasteiger partial charge in [0, 0.05) is 0 Å². The van der Waals surface area contributed by atoms with Crippen LogP contribution in [0.15, 0.2) is 0 Å². The minimum absolute atomic E-state index is 0.505. The molecule has 4 heteroatoms. The molecule has 0 heterocycles. The number of aliphatic carboxylic acids is 1. The minimum atomic E-state index is -1.18. The summed E-state index contributed by atoms with van der Waals surface area (Å²) in [5, 5.41) is 15.9. The zero-order chi connectivity index (χ0) is 5.86. The summed E-state index contributed by atoms with van der Waals surface area (Å²) in [6.07, 6.45) is 0. The van der Waals surface area contributed by atoms with Crippen molar-refractivity contribution in [3.8, 4) is 0 Å². The van der Waals surface area contributed by atoms with Gasteiger partial charge in [-0.3, -0.25) is 4.79 Å². The topological polar surface area (TPSA) is 83.5 Å². The van der Waals surface area contributed by atoms with E-state index in [9.17, 15) is 4.79 Å². The first-order valence-electron chi connectivity index (χ1n) is 1.77. The van der Waals surface area contributed by atoms with Gasteiger partial charge in [-0.2, -0.15) is 0 Å². The van der Waals surface area contributed by atoms with E-state index in [0.717, 1.165) is 0 Å². The van der Waals surface area contributed by atoms with Crippen molar-refractivity contribution in [1.82, 2.24) is 0 Å². The lowest BCUT2D eigenvalue weighted by Crippen LogP contribution is -2.33. The van der Waals surface area contributed by atoms with Crippen LogP contribution in [0.25, 0.3) is 0 Å². The minimum Gasteiger partial charge on any atom is -0.480 e. The molecule has 4 N–H and O–H groups in total. The first kappa shape index (κ1) is 6.39. The Morgan fingerprint density at radius 2 is 2.29 bits per heavy atom. The molecule has 0 bridgehead atoms. The quantitative estimate of drug-likeness (QED) is 0.396. The van der Waals surface area contributed by atoms with Gasteiger partial charge in [0.15, 0.2) is 0 Å². The summed E-state index contributed by atoms with van der Waals surface area (Å²) >= 11 is 0. The Hall–Kier alpha value is -0.610. The molecule has 0 aromatic rings. The first-order chi connectivity index (χ1) is 3.18. The van der Waals surface area contributed by atoms with Gasteiger partial charge in [-0.25, -0.2) is 0 Å². The Morgan fingerprint density at radius 1 is 1.86 bits per heavy atom. The Kier molecular flexibility index (Phi) is 2.32. The molecular weight excluding hydrogens is 100 g/mol. The molecule has 0 unspecified atom stereocenters. The third-order valence-electron chi connectivity index (χ3n) is 0.514. The summed E-state index contributed by atoms with van der Waals surface area (Å²) in [6.45, 7) is -0.505. The van der Waals surface area contributed by atoms with E-state index in [1.165, 1.54) is 0 Å². The average molecular weight is 107 g/mol. The largest absolute Gasteiger partial charge is 0.480 e. The van der Waals surface area contributed by atoms with Gasteiger partial charge in [-0.05, 0) is 0 Å². The predicted octanol–water partition coefficient (Wildman–Crippen LogP) is -1.61. The van der Waals surface area contributed by atoms with Crippen LogP contribution in [0.5, 0.6) is 0 Å². The molecule has 0 aromatic carbocycles. The van der Waals surface area contributed by atoms with Crippen LogP contribution in [-0.2, 0) is 4.79 Å². The monoisotopic (exact) mass is 107 g/mol. The van der Waals surface area contributed by atoms with Crippen LogP contribution in [0.4, 0.5) is 0 Å². The number of rotatable bonds is 2. The molecule has 0 aliphatic heterocycles. The van der Waals surface area contributed by atoms with Crippen LogP contribution in [0, 0.1) is 0 Å². The highest BCUT2D eigenvalue weighted by Crippen LogP contribution is 1.71. The smallest absolute Gasteiger partial charge is 0.322 e. The Morgan fingerprint density at radius 3 is 2.29 bits per heavy atom. The van der Waals surface area contributed by atoms with Gasteiger partial charge in [0.1, 0.15) is 6.04 Å². The molecule has 1 atom stereocenters. The second-order valence-electron chi connectivity index (χ2n) is 1.13. The van der Waals surface area contributed by atoms with E-state index in [1.54, 1.807) is 0 Å². The SMILES string of the molecule is N[C@@H]([14CH2]O)C(=O)O. The summed E-state index contributed by atoms with van der Waals surface area (Å²) in [4.78, 5) is 9.65. The molecule has 0 saturated heterocycles. The van der Waals surface area contributed by atoms with E-state index in [0.29, 0.717) is 0 Å². The zero-order valence-electron chi connectivity index (χ0n) is 3.66. The lowest BCUT2D eigenvalue weighted by atomic mass is 10.6. The number of nitrogens with two attached hydrogens (primary N) is 1. The van der Waals surface area contributed by atoms with Crippen molar-refractivity contribution >= 4 is 5.97 Å². The third-order valence-corrected chi connectivity index (χ3v) is 0.514. The maximum Gasteiger partial charge on any atom is 0.322 e. The highest BCUT2D eigenvalue weighted by atomic mass is 16.5. The molecule has 7 heavy (non-hydrogen) atoms. The van der Waals surface area contributed by atoms with E-state index in [4.69, 9.17) is 15.9 Å². The van der Waals surface area contributed by atoms with Gasteiger partial charge in [-0.1, -0.05) is 0 Å². The van der Waals surface area contributed by atoms with Gasteiger partial charge in [-0.15, -0.1) is 0 Å². The van der Waals surface area contributed by atoms with Crippen molar-refractivity contribution < 1.29 is 15.0 Å². The van der Waals surface area contributed by atoms with Crippen molar-refractivity contribution in [3.05, 3.63) is 0 Å². The third kappa shape index (κ3) is 2.13. The van der Waals surface area contributed by atoms with Crippen LogP contribution in [0.2, 0.25) is 0 Å². The molecule has 0 rings (SSSR count). The van der Waals surface area contributed by atoms with Crippen molar-refractivity contribution in [2.24, 2.45) is 5.73 Å².